The molecule has 0 amide bonds. The van der Waals surface area contributed by atoms with Crippen LogP contribution in [0.15, 0.2) is 35.4 Å². The maximum atomic E-state index is 6.03. The fraction of sp³-hybridized carbons (Fsp3) is 0.400. The van der Waals surface area contributed by atoms with E-state index in [2.05, 4.69) is 23.4 Å². The van der Waals surface area contributed by atoms with Gasteiger partial charge in [0, 0.05) is 22.2 Å². The maximum Gasteiger partial charge on any atom is 0.161 e. The van der Waals surface area contributed by atoms with Crippen LogP contribution in [0.2, 0.25) is 5.02 Å². The van der Waals surface area contributed by atoms with Gasteiger partial charge in [0.15, 0.2) is 5.75 Å². The molecular formula is C15H20ClN3OS. The molecule has 1 atom stereocenters. The molecule has 4 nitrogen and oxygen atoms in total. The summed E-state index contributed by atoms with van der Waals surface area (Å²) in [7, 11) is 3.63. The van der Waals surface area contributed by atoms with E-state index in [-0.39, 0.29) is 6.04 Å². The number of nitrogens with zero attached hydrogens (tertiary/aromatic N) is 2. The summed E-state index contributed by atoms with van der Waals surface area (Å²) in [6.45, 7) is 2.89. The van der Waals surface area contributed by atoms with E-state index in [0.29, 0.717) is 0 Å². The lowest BCUT2D eigenvalue weighted by Gasteiger charge is -2.18. The van der Waals surface area contributed by atoms with Crippen molar-refractivity contribution in [1.29, 1.82) is 0 Å². The highest BCUT2D eigenvalue weighted by Gasteiger charge is 2.20. The summed E-state index contributed by atoms with van der Waals surface area (Å²) in [5.41, 5.74) is 1.08. The minimum atomic E-state index is 0.159. The Hall–Kier alpha value is -1.17. The van der Waals surface area contributed by atoms with Gasteiger partial charge < -0.3 is 10.1 Å². The number of thioether (sulfide) groups is 1. The van der Waals surface area contributed by atoms with Crippen LogP contribution in [-0.4, -0.2) is 29.7 Å². The Bertz CT molecular complexity index is 567. The number of rotatable bonds is 7. The van der Waals surface area contributed by atoms with Crippen LogP contribution in [0.3, 0.4) is 0 Å². The molecule has 2 rings (SSSR count). The first-order chi connectivity index (χ1) is 10.2. The molecule has 114 valence electrons. The van der Waals surface area contributed by atoms with Crippen LogP contribution in [0.1, 0.15) is 18.7 Å². The van der Waals surface area contributed by atoms with E-state index in [0.717, 1.165) is 33.7 Å². The Kier molecular flexibility index (Phi) is 5.96. The van der Waals surface area contributed by atoms with Crippen LogP contribution in [0.4, 0.5) is 0 Å². The molecule has 0 bridgehead atoms. The molecule has 0 spiro atoms. The zero-order valence-corrected chi connectivity index (χ0v) is 14.0. The SMILES string of the molecule is CCn1ncc(OC)c1C(CSc1cccc(Cl)c1)NC. The van der Waals surface area contributed by atoms with Gasteiger partial charge in [-0.1, -0.05) is 17.7 Å². The molecule has 1 N–H and O–H groups in total. The molecule has 0 aliphatic heterocycles. The van der Waals surface area contributed by atoms with Crippen molar-refractivity contribution in [3.63, 3.8) is 0 Å². The molecule has 0 aliphatic carbocycles. The summed E-state index contributed by atoms with van der Waals surface area (Å²) in [6, 6.07) is 8.06. The Morgan fingerprint density at radius 2 is 2.29 bits per heavy atom. The van der Waals surface area contributed by atoms with Crippen molar-refractivity contribution in [3.05, 3.63) is 41.2 Å². The van der Waals surface area contributed by atoms with Crippen LogP contribution >= 0.6 is 23.4 Å². The Morgan fingerprint density at radius 3 is 2.90 bits per heavy atom. The third-order valence-electron chi connectivity index (χ3n) is 3.26. The van der Waals surface area contributed by atoms with Crippen LogP contribution in [0.25, 0.3) is 0 Å². The molecular weight excluding hydrogens is 306 g/mol. The highest BCUT2D eigenvalue weighted by molar-refractivity contribution is 7.99. The van der Waals surface area contributed by atoms with Gasteiger partial charge in [0.05, 0.1) is 25.0 Å². The van der Waals surface area contributed by atoms with Gasteiger partial charge in [0.1, 0.15) is 0 Å². The monoisotopic (exact) mass is 325 g/mol. The molecule has 2 aromatic rings. The summed E-state index contributed by atoms with van der Waals surface area (Å²) >= 11 is 7.79. The van der Waals surface area contributed by atoms with Crippen molar-refractivity contribution in [2.24, 2.45) is 0 Å². The van der Waals surface area contributed by atoms with Gasteiger partial charge in [-0.25, -0.2) is 0 Å². The first-order valence-electron chi connectivity index (χ1n) is 6.84. The minimum absolute atomic E-state index is 0.159. The predicted octanol–water partition coefficient (Wildman–Crippen LogP) is 3.62. The molecule has 1 aromatic carbocycles. The highest BCUT2D eigenvalue weighted by atomic mass is 35.5. The number of ether oxygens (including phenoxy) is 1. The summed E-state index contributed by atoms with van der Waals surface area (Å²) in [5, 5.41) is 8.47. The third-order valence-corrected chi connectivity index (χ3v) is 4.58. The number of benzene rings is 1. The summed E-state index contributed by atoms with van der Waals surface area (Å²) in [6.07, 6.45) is 1.77. The van der Waals surface area contributed by atoms with Crippen molar-refractivity contribution in [2.45, 2.75) is 24.4 Å². The lowest BCUT2D eigenvalue weighted by atomic mass is 10.2. The number of hydrogen-bond acceptors (Lipinski definition) is 4. The molecule has 0 radical (unpaired) electrons. The molecule has 0 saturated heterocycles. The van der Waals surface area contributed by atoms with Crippen molar-refractivity contribution < 1.29 is 4.74 Å². The average Bonchev–Trinajstić information content (AvgIpc) is 2.91. The van der Waals surface area contributed by atoms with Gasteiger partial charge in [-0.3, -0.25) is 4.68 Å². The van der Waals surface area contributed by atoms with Crippen LogP contribution in [0, 0.1) is 0 Å². The topological polar surface area (TPSA) is 39.1 Å². The lowest BCUT2D eigenvalue weighted by molar-refractivity contribution is 0.399. The van der Waals surface area contributed by atoms with E-state index in [1.54, 1.807) is 25.1 Å². The number of nitrogens with one attached hydrogen (secondary N) is 1. The van der Waals surface area contributed by atoms with E-state index in [9.17, 15) is 0 Å². The van der Waals surface area contributed by atoms with Gasteiger partial charge in [-0.15, -0.1) is 11.8 Å². The zero-order chi connectivity index (χ0) is 15.2. The predicted molar refractivity (Wildman–Crippen MR) is 88.4 cm³/mol. The van der Waals surface area contributed by atoms with E-state index in [1.165, 1.54) is 0 Å². The van der Waals surface area contributed by atoms with Crippen molar-refractivity contribution in [3.8, 4) is 5.75 Å². The van der Waals surface area contributed by atoms with E-state index in [1.807, 2.05) is 29.9 Å². The smallest absolute Gasteiger partial charge is 0.161 e. The van der Waals surface area contributed by atoms with Crippen LogP contribution in [-0.2, 0) is 6.54 Å². The van der Waals surface area contributed by atoms with E-state index in [4.69, 9.17) is 16.3 Å². The summed E-state index contributed by atoms with van der Waals surface area (Å²) in [4.78, 5) is 1.16. The Balaban J connectivity index is 2.15. The second-order valence-electron chi connectivity index (χ2n) is 4.52. The second-order valence-corrected chi connectivity index (χ2v) is 6.05. The largest absolute Gasteiger partial charge is 0.493 e. The number of hydrogen-bond donors (Lipinski definition) is 1. The Morgan fingerprint density at radius 1 is 1.48 bits per heavy atom. The third kappa shape index (κ3) is 3.93. The molecule has 0 fully saturated rings. The normalized spacial score (nSPS) is 12.4. The minimum Gasteiger partial charge on any atom is -0.493 e. The summed E-state index contributed by atoms with van der Waals surface area (Å²) in [5.74, 6) is 1.70. The molecule has 21 heavy (non-hydrogen) atoms. The molecule has 1 aromatic heterocycles. The number of methoxy groups -OCH3 is 1. The Labute approximate surface area is 134 Å². The fourth-order valence-corrected chi connectivity index (χ4v) is 3.50. The van der Waals surface area contributed by atoms with Gasteiger partial charge >= 0.3 is 0 Å². The number of aromatic nitrogens is 2. The number of halogens is 1. The van der Waals surface area contributed by atoms with Crippen LogP contribution in [0.5, 0.6) is 5.75 Å². The molecule has 0 aliphatic rings. The van der Waals surface area contributed by atoms with Crippen molar-refractivity contribution >= 4 is 23.4 Å². The standard InChI is InChI=1S/C15H20ClN3OS/c1-4-19-15(14(20-3)9-18-19)13(17-2)10-21-12-7-5-6-11(16)8-12/h5-9,13,17H,4,10H2,1-3H3. The van der Waals surface area contributed by atoms with Gasteiger partial charge in [0.2, 0.25) is 0 Å². The van der Waals surface area contributed by atoms with Crippen molar-refractivity contribution in [1.82, 2.24) is 15.1 Å². The van der Waals surface area contributed by atoms with Crippen LogP contribution < -0.4 is 10.1 Å². The van der Waals surface area contributed by atoms with Gasteiger partial charge in [-0.05, 0) is 32.2 Å². The fourth-order valence-electron chi connectivity index (χ4n) is 2.17. The second kappa shape index (κ2) is 7.73. The van der Waals surface area contributed by atoms with Gasteiger partial charge in [0.25, 0.3) is 0 Å². The molecule has 1 unspecified atom stereocenters. The zero-order valence-electron chi connectivity index (χ0n) is 12.5. The van der Waals surface area contributed by atoms with Crippen molar-refractivity contribution in [2.75, 3.05) is 19.9 Å². The molecule has 1 heterocycles. The molecule has 6 heteroatoms. The first kappa shape index (κ1) is 16.2. The lowest BCUT2D eigenvalue weighted by Crippen LogP contribution is -2.23. The van der Waals surface area contributed by atoms with E-state index < -0.39 is 0 Å². The first-order valence-corrected chi connectivity index (χ1v) is 8.21. The number of aryl methyl sites for hydroxylation is 1. The van der Waals surface area contributed by atoms with Gasteiger partial charge in [-0.2, -0.15) is 5.10 Å². The average molecular weight is 326 g/mol. The quantitative estimate of drug-likeness (QED) is 0.789. The van der Waals surface area contributed by atoms with E-state index >= 15 is 0 Å². The maximum absolute atomic E-state index is 6.03. The molecule has 0 saturated carbocycles. The summed E-state index contributed by atoms with van der Waals surface area (Å²) < 4.78 is 7.40. The highest BCUT2D eigenvalue weighted by Crippen LogP contribution is 2.30.